The number of hydrogen-bond acceptors (Lipinski definition) is 3. The van der Waals surface area contributed by atoms with E-state index in [2.05, 4.69) is 13.8 Å². The van der Waals surface area contributed by atoms with Crippen LogP contribution in [0.1, 0.15) is 40.5 Å². The summed E-state index contributed by atoms with van der Waals surface area (Å²) in [5, 5.41) is 0. The predicted molar refractivity (Wildman–Crippen MR) is 69.9 cm³/mol. The number of amides is 2. The molecule has 1 atom stereocenters. The molecule has 0 radical (unpaired) electrons. The molecule has 0 aromatic heterocycles. The number of nitrogens with zero attached hydrogens (tertiary/aromatic N) is 1. The normalized spacial score (nSPS) is 20.6. The highest BCUT2D eigenvalue weighted by molar-refractivity contribution is 6.03. The van der Waals surface area contributed by atoms with Gasteiger partial charge in [-0.15, -0.1) is 0 Å². The van der Waals surface area contributed by atoms with E-state index >= 15 is 0 Å². The molecule has 18 heavy (non-hydrogen) atoms. The van der Waals surface area contributed by atoms with Crippen molar-refractivity contribution in [3.8, 4) is 0 Å². The topological polar surface area (TPSA) is 46.6 Å². The lowest BCUT2D eigenvalue weighted by molar-refractivity contribution is -0.140. The fraction of sp³-hybridized carbons (Fsp3) is 0.857. The van der Waals surface area contributed by atoms with Crippen molar-refractivity contribution in [2.45, 2.75) is 40.5 Å². The Labute approximate surface area is 110 Å². The number of ether oxygens (including phenoxy) is 1. The van der Waals surface area contributed by atoms with Gasteiger partial charge in [-0.25, -0.2) is 0 Å². The molecule has 1 fully saturated rings. The summed E-state index contributed by atoms with van der Waals surface area (Å²) in [4.78, 5) is 25.1. The van der Waals surface area contributed by atoms with Crippen LogP contribution in [0.25, 0.3) is 0 Å². The molecular formula is C14H25NO3. The second-order valence-electron chi connectivity index (χ2n) is 5.73. The molecule has 0 spiro atoms. The minimum Gasteiger partial charge on any atom is -0.380 e. The van der Waals surface area contributed by atoms with Gasteiger partial charge in [-0.2, -0.15) is 0 Å². The molecule has 4 nitrogen and oxygen atoms in total. The van der Waals surface area contributed by atoms with Gasteiger partial charge >= 0.3 is 0 Å². The summed E-state index contributed by atoms with van der Waals surface area (Å²) in [7, 11) is 0. The van der Waals surface area contributed by atoms with Crippen LogP contribution in [0.15, 0.2) is 0 Å². The van der Waals surface area contributed by atoms with E-state index in [1.54, 1.807) is 0 Å². The molecule has 4 heteroatoms. The molecule has 1 aliphatic heterocycles. The summed E-state index contributed by atoms with van der Waals surface area (Å²) >= 11 is 0. The largest absolute Gasteiger partial charge is 0.380 e. The first-order chi connectivity index (χ1) is 8.43. The molecule has 0 bridgehead atoms. The molecule has 0 saturated carbocycles. The van der Waals surface area contributed by atoms with E-state index < -0.39 is 0 Å². The van der Waals surface area contributed by atoms with Crippen LogP contribution in [0.4, 0.5) is 0 Å². The van der Waals surface area contributed by atoms with Crippen LogP contribution in [0.2, 0.25) is 0 Å². The fourth-order valence-electron chi connectivity index (χ4n) is 2.04. The lowest BCUT2D eigenvalue weighted by Crippen LogP contribution is -2.34. The van der Waals surface area contributed by atoms with Crippen LogP contribution in [-0.2, 0) is 14.3 Å². The van der Waals surface area contributed by atoms with Crippen molar-refractivity contribution in [3.05, 3.63) is 0 Å². The summed E-state index contributed by atoms with van der Waals surface area (Å²) in [5.41, 5.74) is 0. The maximum Gasteiger partial charge on any atom is 0.233 e. The first kappa shape index (κ1) is 15.2. The van der Waals surface area contributed by atoms with Gasteiger partial charge in [-0.1, -0.05) is 27.7 Å². The number of carbonyl (C=O) groups is 2. The third-order valence-electron chi connectivity index (χ3n) is 3.38. The Hall–Kier alpha value is -0.900. The average molecular weight is 255 g/mol. The summed E-state index contributed by atoms with van der Waals surface area (Å²) in [6, 6.07) is 0. The third kappa shape index (κ3) is 4.09. The van der Waals surface area contributed by atoms with Gasteiger partial charge in [0.05, 0.1) is 13.2 Å². The van der Waals surface area contributed by atoms with Gasteiger partial charge in [0.25, 0.3) is 0 Å². The van der Waals surface area contributed by atoms with Gasteiger partial charge in [0.15, 0.2) is 0 Å². The third-order valence-corrected chi connectivity index (χ3v) is 3.38. The Morgan fingerprint density at radius 2 is 1.89 bits per heavy atom. The predicted octanol–water partition coefficient (Wildman–Crippen LogP) is 2.08. The van der Waals surface area contributed by atoms with Crippen LogP contribution in [0.5, 0.6) is 0 Å². The highest BCUT2D eigenvalue weighted by Gasteiger charge is 2.39. The second kappa shape index (κ2) is 6.88. The molecule has 0 aliphatic carbocycles. The van der Waals surface area contributed by atoms with Gasteiger partial charge in [0.2, 0.25) is 11.8 Å². The standard InChI is InChI=1S/C14H25NO3/c1-10(2)5-7-18-8-6-15-13(16)9-12(11(3)4)14(15)17/h10-12H,5-9H2,1-4H3. The van der Waals surface area contributed by atoms with E-state index in [0.717, 1.165) is 6.42 Å². The lowest BCUT2D eigenvalue weighted by atomic mass is 9.94. The average Bonchev–Trinajstić information content (AvgIpc) is 2.55. The van der Waals surface area contributed by atoms with Gasteiger partial charge in [-0.05, 0) is 18.3 Å². The van der Waals surface area contributed by atoms with Crippen LogP contribution in [0, 0.1) is 17.8 Å². The number of hydrogen-bond donors (Lipinski definition) is 0. The van der Waals surface area contributed by atoms with Crippen molar-refractivity contribution in [1.29, 1.82) is 0 Å². The van der Waals surface area contributed by atoms with E-state index in [-0.39, 0.29) is 23.7 Å². The summed E-state index contributed by atoms with van der Waals surface area (Å²) < 4.78 is 5.45. The van der Waals surface area contributed by atoms with Crippen LogP contribution >= 0.6 is 0 Å². The molecule has 0 aromatic carbocycles. The molecule has 104 valence electrons. The number of rotatable bonds is 7. The van der Waals surface area contributed by atoms with Crippen molar-refractivity contribution < 1.29 is 14.3 Å². The van der Waals surface area contributed by atoms with Crippen molar-refractivity contribution in [3.63, 3.8) is 0 Å². The zero-order chi connectivity index (χ0) is 13.7. The van der Waals surface area contributed by atoms with Gasteiger partial charge in [0.1, 0.15) is 0 Å². The molecule has 1 saturated heterocycles. The number of imide groups is 1. The molecule has 1 heterocycles. The number of carbonyl (C=O) groups excluding carboxylic acids is 2. The van der Waals surface area contributed by atoms with Crippen LogP contribution in [-0.4, -0.2) is 36.5 Å². The fourth-order valence-corrected chi connectivity index (χ4v) is 2.04. The van der Waals surface area contributed by atoms with E-state index in [9.17, 15) is 9.59 Å². The van der Waals surface area contributed by atoms with Gasteiger partial charge < -0.3 is 4.74 Å². The minimum absolute atomic E-state index is 0.0255. The first-order valence-corrected chi connectivity index (χ1v) is 6.85. The Kier molecular flexibility index (Phi) is 5.79. The van der Waals surface area contributed by atoms with E-state index in [4.69, 9.17) is 4.74 Å². The van der Waals surface area contributed by atoms with E-state index in [1.807, 2.05) is 13.8 Å². The Morgan fingerprint density at radius 3 is 2.39 bits per heavy atom. The smallest absolute Gasteiger partial charge is 0.233 e. The zero-order valence-electron chi connectivity index (χ0n) is 11.9. The monoisotopic (exact) mass is 255 g/mol. The Balaban J connectivity index is 2.30. The summed E-state index contributed by atoms with van der Waals surface area (Å²) in [5.74, 6) is 0.639. The van der Waals surface area contributed by atoms with Crippen molar-refractivity contribution in [2.75, 3.05) is 19.8 Å². The molecule has 2 amide bonds. The van der Waals surface area contributed by atoms with Gasteiger partial charge in [-0.3, -0.25) is 14.5 Å². The maximum atomic E-state index is 12.0. The number of likely N-dealkylation sites (tertiary alicyclic amines) is 1. The minimum atomic E-state index is -0.131. The quantitative estimate of drug-likeness (QED) is 0.517. The van der Waals surface area contributed by atoms with E-state index in [0.29, 0.717) is 32.1 Å². The molecule has 1 unspecified atom stereocenters. The summed E-state index contributed by atoms with van der Waals surface area (Å²) in [6.07, 6.45) is 1.37. The van der Waals surface area contributed by atoms with Gasteiger partial charge in [0, 0.05) is 18.9 Å². The summed E-state index contributed by atoms with van der Waals surface area (Å²) in [6.45, 7) is 9.81. The molecule has 1 rings (SSSR count). The molecule has 1 aliphatic rings. The highest BCUT2D eigenvalue weighted by atomic mass is 16.5. The first-order valence-electron chi connectivity index (χ1n) is 6.85. The molecule has 0 N–H and O–H groups in total. The zero-order valence-corrected chi connectivity index (χ0v) is 11.9. The van der Waals surface area contributed by atoms with Crippen molar-refractivity contribution in [2.24, 2.45) is 17.8 Å². The maximum absolute atomic E-state index is 12.0. The van der Waals surface area contributed by atoms with Crippen molar-refractivity contribution >= 4 is 11.8 Å². The van der Waals surface area contributed by atoms with Crippen LogP contribution in [0.3, 0.4) is 0 Å². The van der Waals surface area contributed by atoms with Crippen molar-refractivity contribution in [1.82, 2.24) is 4.90 Å². The molecular weight excluding hydrogens is 230 g/mol. The highest BCUT2D eigenvalue weighted by Crippen LogP contribution is 2.25. The van der Waals surface area contributed by atoms with Crippen LogP contribution < -0.4 is 0 Å². The lowest BCUT2D eigenvalue weighted by Gasteiger charge is -2.16. The molecule has 0 aromatic rings. The van der Waals surface area contributed by atoms with E-state index in [1.165, 1.54) is 4.90 Å². The Bertz CT molecular complexity index is 299. The second-order valence-corrected chi connectivity index (χ2v) is 5.73. The SMILES string of the molecule is CC(C)CCOCCN1C(=O)CC(C(C)C)C1=O. The Morgan fingerprint density at radius 1 is 1.22 bits per heavy atom.